The second-order valence-corrected chi connectivity index (χ2v) is 5.25. The van der Waals surface area contributed by atoms with Crippen LogP contribution < -0.4 is 10.1 Å². The Morgan fingerprint density at radius 2 is 2.12 bits per heavy atom. The van der Waals surface area contributed by atoms with Gasteiger partial charge in [0.25, 0.3) is 0 Å². The van der Waals surface area contributed by atoms with Crippen LogP contribution in [-0.2, 0) is 12.8 Å². The molecule has 16 heavy (non-hydrogen) atoms. The molecule has 1 aliphatic heterocycles. The number of methoxy groups -OCH3 is 1. The lowest BCUT2D eigenvalue weighted by molar-refractivity contribution is 0.415. The third-order valence-electron chi connectivity index (χ3n) is 3.16. The third kappa shape index (κ3) is 1.60. The van der Waals surface area contributed by atoms with Crippen molar-refractivity contribution in [2.24, 2.45) is 0 Å². The van der Waals surface area contributed by atoms with E-state index in [4.69, 9.17) is 4.74 Å². The van der Waals surface area contributed by atoms with Crippen molar-refractivity contribution >= 4 is 21.4 Å². The lowest BCUT2D eigenvalue weighted by Gasteiger charge is -2.01. The summed E-state index contributed by atoms with van der Waals surface area (Å²) in [6.07, 6.45) is 2.32. The molecular weight excluding hydrogens is 218 g/mol. The second-order valence-electron chi connectivity index (χ2n) is 4.12. The maximum Gasteiger partial charge on any atom is 0.120 e. The number of ether oxygens (including phenoxy) is 1. The molecule has 1 aromatic carbocycles. The molecule has 0 spiro atoms. The molecule has 84 valence electrons. The van der Waals surface area contributed by atoms with Crippen molar-refractivity contribution in [2.75, 3.05) is 20.2 Å². The smallest absolute Gasteiger partial charge is 0.120 e. The molecule has 3 heteroatoms. The fraction of sp³-hybridized carbons (Fsp3) is 0.385. The first-order valence-corrected chi connectivity index (χ1v) is 6.49. The summed E-state index contributed by atoms with van der Waals surface area (Å²) in [5.74, 6) is 0.960. The Hall–Kier alpha value is -1.06. The average molecular weight is 233 g/mol. The zero-order valence-corrected chi connectivity index (χ0v) is 10.2. The molecule has 1 aromatic heterocycles. The lowest BCUT2D eigenvalue weighted by atomic mass is 10.1. The number of hydrogen-bond donors (Lipinski definition) is 1. The van der Waals surface area contributed by atoms with Gasteiger partial charge in [-0.1, -0.05) is 0 Å². The van der Waals surface area contributed by atoms with Crippen LogP contribution in [-0.4, -0.2) is 20.2 Å². The summed E-state index contributed by atoms with van der Waals surface area (Å²) in [6, 6.07) is 6.42. The van der Waals surface area contributed by atoms with E-state index in [1.165, 1.54) is 10.1 Å². The second kappa shape index (κ2) is 4.07. The normalized spacial score (nSPS) is 15.8. The van der Waals surface area contributed by atoms with Crippen LogP contribution >= 0.6 is 11.3 Å². The van der Waals surface area contributed by atoms with Gasteiger partial charge in [0, 0.05) is 9.58 Å². The van der Waals surface area contributed by atoms with Crippen LogP contribution in [0.3, 0.4) is 0 Å². The molecule has 1 aliphatic rings. The van der Waals surface area contributed by atoms with Crippen molar-refractivity contribution in [1.29, 1.82) is 0 Å². The van der Waals surface area contributed by atoms with Crippen LogP contribution in [0.2, 0.25) is 0 Å². The summed E-state index contributed by atoms with van der Waals surface area (Å²) in [7, 11) is 1.73. The van der Waals surface area contributed by atoms with Crippen molar-refractivity contribution in [2.45, 2.75) is 12.8 Å². The lowest BCUT2D eigenvalue weighted by Crippen LogP contribution is -2.16. The summed E-state index contributed by atoms with van der Waals surface area (Å²) < 4.78 is 6.64. The molecule has 0 saturated heterocycles. The molecule has 3 rings (SSSR count). The van der Waals surface area contributed by atoms with Gasteiger partial charge in [-0.3, -0.25) is 0 Å². The molecule has 1 N–H and O–H groups in total. The van der Waals surface area contributed by atoms with E-state index in [0.717, 1.165) is 31.7 Å². The summed E-state index contributed by atoms with van der Waals surface area (Å²) in [4.78, 5) is 1.55. The van der Waals surface area contributed by atoms with Gasteiger partial charge in [0.1, 0.15) is 5.75 Å². The van der Waals surface area contributed by atoms with E-state index < -0.39 is 0 Å². The molecule has 0 fully saturated rings. The standard InChI is InChI=1S/C13H15NOS/c1-15-9-2-3-10-11-4-6-14-7-5-12(11)16-13(10)8-9/h2-3,8,14H,4-7H2,1H3. The molecule has 2 heterocycles. The monoisotopic (exact) mass is 233 g/mol. The maximum absolute atomic E-state index is 5.27. The first-order valence-electron chi connectivity index (χ1n) is 5.67. The van der Waals surface area contributed by atoms with Gasteiger partial charge in [0.05, 0.1) is 7.11 Å². The number of hydrogen-bond acceptors (Lipinski definition) is 3. The minimum Gasteiger partial charge on any atom is -0.497 e. The molecular formula is C13H15NOS. The van der Waals surface area contributed by atoms with E-state index in [-0.39, 0.29) is 0 Å². The molecule has 0 atom stereocenters. The van der Waals surface area contributed by atoms with Crippen LogP contribution in [0.25, 0.3) is 10.1 Å². The van der Waals surface area contributed by atoms with E-state index in [1.54, 1.807) is 17.6 Å². The summed E-state index contributed by atoms with van der Waals surface area (Å²) >= 11 is 1.92. The topological polar surface area (TPSA) is 21.3 Å². The predicted octanol–water partition coefficient (Wildman–Crippen LogP) is 2.60. The summed E-state index contributed by atoms with van der Waals surface area (Å²) in [5.41, 5.74) is 1.55. The van der Waals surface area contributed by atoms with Crippen molar-refractivity contribution in [3.63, 3.8) is 0 Å². The number of thiophene rings is 1. The molecule has 0 saturated carbocycles. The number of benzene rings is 1. The van der Waals surface area contributed by atoms with Gasteiger partial charge in [-0.15, -0.1) is 11.3 Å². The fourth-order valence-corrected chi connectivity index (χ4v) is 3.61. The van der Waals surface area contributed by atoms with Crippen molar-refractivity contribution < 1.29 is 4.74 Å². The average Bonchev–Trinajstić information content (AvgIpc) is 2.50. The van der Waals surface area contributed by atoms with E-state index in [2.05, 4.69) is 23.5 Å². The molecule has 0 amide bonds. The quantitative estimate of drug-likeness (QED) is 0.817. The summed E-state index contributed by atoms with van der Waals surface area (Å²) in [5, 5.41) is 4.87. The highest BCUT2D eigenvalue weighted by molar-refractivity contribution is 7.19. The van der Waals surface area contributed by atoms with Gasteiger partial charge >= 0.3 is 0 Å². The molecule has 2 nitrogen and oxygen atoms in total. The van der Waals surface area contributed by atoms with Crippen LogP contribution in [0, 0.1) is 0 Å². The summed E-state index contributed by atoms with van der Waals surface area (Å²) in [6.45, 7) is 2.21. The van der Waals surface area contributed by atoms with E-state index >= 15 is 0 Å². The van der Waals surface area contributed by atoms with E-state index in [0.29, 0.717) is 0 Å². The number of fused-ring (bicyclic) bond motifs is 3. The number of rotatable bonds is 1. The van der Waals surface area contributed by atoms with Crippen LogP contribution in [0.4, 0.5) is 0 Å². The Labute approximate surface area is 99.2 Å². The van der Waals surface area contributed by atoms with Gasteiger partial charge in [-0.25, -0.2) is 0 Å². The largest absolute Gasteiger partial charge is 0.497 e. The van der Waals surface area contributed by atoms with Gasteiger partial charge in [0.15, 0.2) is 0 Å². The molecule has 0 aliphatic carbocycles. The Balaban J connectivity index is 2.17. The van der Waals surface area contributed by atoms with Gasteiger partial charge < -0.3 is 10.1 Å². The molecule has 0 bridgehead atoms. The highest BCUT2D eigenvalue weighted by Crippen LogP contribution is 2.34. The van der Waals surface area contributed by atoms with Crippen LogP contribution in [0.15, 0.2) is 18.2 Å². The Morgan fingerprint density at radius 3 is 3.00 bits per heavy atom. The Bertz CT molecular complexity index is 518. The zero-order valence-electron chi connectivity index (χ0n) is 9.38. The maximum atomic E-state index is 5.27. The highest BCUT2D eigenvalue weighted by atomic mass is 32.1. The first kappa shape index (κ1) is 10.1. The van der Waals surface area contributed by atoms with Crippen LogP contribution in [0.5, 0.6) is 5.75 Å². The van der Waals surface area contributed by atoms with Gasteiger partial charge in [-0.05, 0) is 55.1 Å². The Morgan fingerprint density at radius 1 is 1.25 bits per heavy atom. The first-order chi connectivity index (χ1) is 7.88. The molecule has 2 aromatic rings. The van der Waals surface area contributed by atoms with Gasteiger partial charge in [0.2, 0.25) is 0 Å². The van der Waals surface area contributed by atoms with E-state index in [9.17, 15) is 0 Å². The van der Waals surface area contributed by atoms with E-state index in [1.807, 2.05) is 11.3 Å². The predicted molar refractivity (Wildman–Crippen MR) is 68.7 cm³/mol. The zero-order chi connectivity index (χ0) is 11.0. The van der Waals surface area contributed by atoms with Crippen molar-refractivity contribution in [3.05, 3.63) is 28.6 Å². The van der Waals surface area contributed by atoms with Crippen LogP contribution in [0.1, 0.15) is 10.4 Å². The minimum absolute atomic E-state index is 0.960. The fourth-order valence-electron chi connectivity index (χ4n) is 2.32. The number of nitrogens with one attached hydrogen (secondary N) is 1. The molecule has 0 radical (unpaired) electrons. The van der Waals surface area contributed by atoms with Crippen molar-refractivity contribution in [3.8, 4) is 5.75 Å². The SMILES string of the molecule is COc1ccc2c3c(sc2c1)CCNCC3. The third-order valence-corrected chi connectivity index (χ3v) is 4.42. The van der Waals surface area contributed by atoms with Gasteiger partial charge in [-0.2, -0.15) is 0 Å². The Kier molecular flexibility index (Phi) is 2.58. The molecule has 0 unspecified atom stereocenters. The minimum atomic E-state index is 0.960. The highest BCUT2D eigenvalue weighted by Gasteiger charge is 2.14. The van der Waals surface area contributed by atoms with Crippen molar-refractivity contribution in [1.82, 2.24) is 5.32 Å².